The number of aryl methyl sites for hydroxylation is 1. The van der Waals surface area contributed by atoms with Crippen molar-refractivity contribution in [3.05, 3.63) is 57.7 Å². The van der Waals surface area contributed by atoms with Gasteiger partial charge in [0.1, 0.15) is 16.7 Å². The second-order valence-corrected chi connectivity index (χ2v) is 8.78. The molecule has 0 saturated heterocycles. The molecule has 12 heteroatoms. The predicted octanol–water partition coefficient (Wildman–Crippen LogP) is 5.84. The Morgan fingerprint density at radius 2 is 1.85 bits per heavy atom. The molecule has 0 aliphatic heterocycles. The van der Waals surface area contributed by atoms with Crippen LogP contribution in [0.3, 0.4) is 0 Å². The molecule has 34 heavy (non-hydrogen) atoms. The Bertz CT molecular complexity index is 1230. The van der Waals surface area contributed by atoms with Crippen LogP contribution in [-0.4, -0.2) is 40.0 Å². The molecule has 0 amide bonds. The normalized spacial score (nSPS) is 11.9. The van der Waals surface area contributed by atoms with E-state index in [-0.39, 0.29) is 6.42 Å². The van der Waals surface area contributed by atoms with Crippen LogP contribution < -0.4 is 0 Å². The Hall–Kier alpha value is -2.85. The molecule has 1 N–H and O–H groups in total. The van der Waals surface area contributed by atoms with Gasteiger partial charge in [-0.05, 0) is 47.0 Å². The standard InChI is InChI=1S/C22H24Cl2F2N8/c1-3-5-6-18-27-21(22(25,26)11-4-2)30-33(18)13-14-7-9-15(10-8-14)34-17(24)12-16(23)19(34)20-28-31-32-29-20/h7-10,12H,3-6,11,13H2,1-2H3,(H,28,29,31,32). The largest absolute Gasteiger partial charge is 0.308 e. The second kappa shape index (κ2) is 10.2. The number of nitrogens with one attached hydrogen (secondary N) is 1. The van der Waals surface area contributed by atoms with Gasteiger partial charge in [-0.3, -0.25) is 4.57 Å². The fourth-order valence-electron chi connectivity index (χ4n) is 3.71. The van der Waals surface area contributed by atoms with Crippen molar-refractivity contribution in [1.82, 2.24) is 40.0 Å². The Morgan fingerprint density at radius 3 is 2.50 bits per heavy atom. The quantitative estimate of drug-likeness (QED) is 0.290. The number of tetrazole rings is 1. The number of aromatic amines is 1. The molecule has 0 bridgehead atoms. The highest BCUT2D eigenvalue weighted by Gasteiger charge is 2.36. The lowest BCUT2D eigenvalue weighted by atomic mass is 10.2. The molecule has 0 unspecified atom stereocenters. The van der Waals surface area contributed by atoms with Gasteiger partial charge in [0.15, 0.2) is 5.82 Å². The number of unbranched alkanes of at least 4 members (excludes halogenated alkanes) is 1. The van der Waals surface area contributed by atoms with Crippen molar-refractivity contribution in [1.29, 1.82) is 0 Å². The number of hydrogen-bond acceptors (Lipinski definition) is 5. The Labute approximate surface area is 205 Å². The summed E-state index contributed by atoms with van der Waals surface area (Å²) in [6.07, 6.45) is 2.46. The van der Waals surface area contributed by atoms with E-state index in [1.807, 2.05) is 31.2 Å². The number of benzene rings is 1. The Kier molecular flexibility index (Phi) is 7.27. The third kappa shape index (κ3) is 4.97. The minimum absolute atomic E-state index is 0.276. The minimum atomic E-state index is -3.04. The fourth-order valence-corrected chi connectivity index (χ4v) is 4.33. The van der Waals surface area contributed by atoms with Crippen LogP contribution in [-0.2, 0) is 18.9 Å². The van der Waals surface area contributed by atoms with Crippen molar-refractivity contribution in [2.24, 2.45) is 0 Å². The molecule has 3 heterocycles. The van der Waals surface area contributed by atoms with E-state index in [0.29, 0.717) is 46.9 Å². The van der Waals surface area contributed by atoms with E-state index < -0.39 is 11.7 Å². The highest BCUT2D eigenvalue weighted by molar-refractivity contribution is 6.36. The second-order valence-electron chi connectivity index (χ2n) is 7.98. The van der Waals surface area contributed by atoms with Gasteiger partial charge in [0.2, 0.25) is 5.82 Å². The molecule has 0 atom stereocenters. The number of aromatic nitrogens is 8. The molecule has 0 spiro atoms. The van der Waals surface area contributed by atoms with Gasteiger partial charge >= 0.3 is 5.92 Å². The fraction of sp³-hybridized carbons (Fsp3) is 0.409. The van der Waals surface area contributed by atoms with Crippen LogP contribution in [0.5, 0.6) is 0 Å². The minimum Gasteiger partial charge on any atom is -0.296 e. The van der Waals surface area contributed by atoms with E-state index in [1.165, 1.54) is 0 Å². The molecule has 8 nitrogen and oxygen atoms in total. The van der Waals surface area contributed by atoms with Gasteiger partial charge in [-0.1, -0.05) is 55.6 Å². The van der Waals surface area contributed by atoms with Gasteiger partial charge in [-0.2, -0.15) is 8.78 Å². The summed E-state index contributed by atoms with van der Waals surface area (Å²) in [6.45, 7) is 4.10. The monoisotopic (exact) mass is 508 g/mol. The van der Waals surface area contributed by atoms with E-state index in [1.54, 1.807) is 22.2 Å². The van der Waals surface area contributed by atoms with Crippen LogP contribution in [0.15, 0.2) is 30.3 Å². The lowest BCUT2D eigenvalue weighted by Gasteiger charge is -2.11. The molecule has 3 aromatic heterocycles. The van der Waals surface area contributed by atoms with Crippen molar-refractivity contribution in [3.63, 3.8) is 0 Å². The predicted molar refractivity (Wildman–Crippen MR) is 125 cm³/mol. The van der Waals surface area contributed by atoms with Crippen molar-refractivity contribution < 1.29 is 8.78 Å². The third-order valence-corrected chi connectivity index (χ3v) is 5.97. The van der Waals surface area contributed by atoms with E-state index in [0.717, 1.165) is 24.1 Å². The zero-order chi connectivity index (χ0) is 24.3. The van der Waals surface area contributed by atoms with Gasteiger partial charge in [0.05, 0.1) is 11.6 Å². The summed E-state index contributed by atoms with van der Waals surface area (Å²) in [5.41, 5.74) is 2.16. The first kappa shape index (κ1) is 24.3. The molecule has 4 aromatic rings. The Balaban J connectivity index is 1.62. The molecule has 180 valence electrons. The molecule has 4 rings (SSSR count). The highest BCUT2D eigenvalue weighted by atomic mass is 35.5. The summed E-state index contributed by atoms with van der Waals surface area (Å²) in [5.74, 6) is -2.50. The van der Waals surface area contributed by atoms with E-state index in [2.05, 4.69) is 30.7 Å². The average molecular weight is 509 g/mol. The van der Waals surface area contributed by atoms with Crippen molar-refractivity contribution in [2.75, 3.05) is 0 Å². The smallest absolute Gasteiger partial charge is 0.296 e. The van der Waals surface area contributed by atoms with E-state index in [4.69, 9.17) is 23.2 Å². The van der Waals surface area contributed by atoms with Gasteiger partial charge < -0.3 is 0 Å². The lowest BCUT2D eigenvalue weighted by Crippen LogP contribution is -2.15. The van der Waals surface area contributed by atoms with Crippen LogP contribution in [0, 0.1) is 0 Å². The number of halogens is 4. The van der Waals surface area contributed by atoms with Crippen molar-refractivity contribution in [3.8, 4) is 17.2 Å². The summed E-state index contributed by atoms with van der Waals surface area (Å²) in [5, 5.41) is 18.8. The third-order valence-electron chi connectivity index (χ3n) is 5.40. The van der Waals surface area contributed by atoms with Crippen LogP contribution in [0.25, 0.3) is 17.2 Å². The lowest BCUT2D eigenvalue weighted by molar-refractivity contribution is -0.0232. The maximum atomic E-state index is 14.5. The molecule has 0 aliphatic carbocycles. The number of rotatable bonds is 10. The number of H-pyrrole nitrogens is 1. The SMILES string of the molecule is CCCCc1nc(C(F)(F)CCC)nn1Cc1ccc(-n2c(Cl)cc(Cl)c2-c2nnn[nH]2)cc1. The molecular weight excluding hydrogens is 485 g/mol. The first-order valence-corrected chi connectivity index (χ1v) is 11.8. The summed E-state index contributed by atoms with van der Waals surface area (Å²) in [4.78, 5) is 4.20. The number of hydrogen-bond donors (Lipinski definition) is 1. The van der Waals surface area contributed by atoms with Crippen molar-refractivity contribution >= 4 is 23.2 Å². The molecule has 0 fully saturated rings. The average Bonchev–Trinajstić information content (AvgIpc) is 3.52. The van der Waals surface area contributed by atoms with Gasteiger partial charge in [0.25, 0.3) is 0 Å². The number of alkyl halides is 2. The maximum Gasteiger partial charge on any atom is 0.308 e. The summed E-state index contributed by atoms with van der Waals surface area (Å²) in [7, 11) is 0. The molecule has 0 saturated carbocycles. The van der Waals surface area contributed by atoms with Crippen LogP contribution in [0.4, 0.5) is 8.78 Å². The van der Waals surface area contributed by atoms with Crippen LogP contribution in [0.2, 0.25) is 10.2 Å². The van der Waals surface area contributed by atoms with Gasteiger partial charge in [-0.25, -0.2) is 14.8 Å². The molecular formula is C22H24Cl2F2N8. The highest BCUT2D eigenvalue weighted by Crippen LogP contribution is 2.35. The first-order valence-electron chi connectivity index (χ1n) is 11.1. The van der Waals surface area contributed by atoms with Crippen molar-refractivity contribution in [2.45, 2.75) is 58.4 Å². The summed E-state index contributed by atoms with van der Waals surface area (Å²) < 4.78 is 32.2. The zero-order valence-corrected chi connectivity index (χ0v) is 20.3. The van der Waals surface area contributed by atoms with E-state index >= 15 is 0 Å². The Morgan fingerprint density at radius 1 is 1.09 bits per heavy atom. The van der Waals surface area contributed by atoms with Gasteiger partial charge in [0, 0.05) is 18.5 Å². The van der Waals surface area contributed by atoms with E-state index in [9.17, 15) is 8.78 Å². The summed E-state index contributed by atoms with van der Waals surface area (Å²) >= 11 is 12.8. The van der Waals surface area contributed by atoms with Crippen LogP contribution >= 0.6 is 23.2 Å². The summed E-state index contributed by atoms with van der Waals surface area (Å²) in [6, 6.07) is 9.11. The molecule has 0 aliphatic rings. The molecule has 0 radical (unpaired) electrons. The van der Waals surface area contributed by atoms with Gasteiger partial charge in [-0.15, -0.1) is 10.2 Å². The molecule has 1 aromatic carbocycles. The number of nitrogens with zero attached hydrogens (tertiary/aromatic N) is 7. The topological polar surface area (TPSA) is 90.1 Å². The zero-order valence-electron chi connectivity index (χ0n) is 18.8. The van der Waals surface area contributed by atoms with Crippen LogP contribution in [0.1, 0.15) is 56.7 Å². The maximum absolute atomic E-state index is 14.5. The first-order chi connectivity index (χ1) is 16.3.